The van der Waals surface area contributed by atoms with Crippen LogP contribution in [0.4, 0.5) is 0 Å². The van der Waals surface area contributed by atoms with Gasteiger partial charge in [0.2, 0.25) is 0 Å². The molecule has 0 radical (unpaired) electrons. The molecule has 0 heterocycles. The number of carbonyl (C=O) groups is 1. The second-order valence-electron chi connectivity index (χ2n) is 5.46. The lowest BCUT2D eigenvalue weighted by atomic mass is 9.86. The second kappa shape index (κ2) is 6.13. The Morgan fingerprint density at radius 3 is 2.38 bits per heavy atom. The van der Waals surface area contributed by atoms with Crippen LogP contribution in [0.5, 0.6) is 0 Å². The Morgan fingerprint density at radius 2 is 1.71 bits per heavy atom. The number of esters is 1. The van der Waals surface area contributed by atoms with E-state index < -0.39 is 0 Å². The first-order chi connectivity index (χ1) is 10.3. The van der Waals surface area contributed by atoms with Gasteiger partial charge in [0, 0.05) is 0 Å². The number of aryl methyl sites for hydroxylation is 2. The van der Waals surface area contributed by atoms with E-state index in [1.165, 1.54) is 24.0 Å². The SMILES string of the molecule is CCOC(=O)c1cc2c(cc1-c1ccccc1)CCCC2. The maximum Gasteiger partial charge on any atom is 0.338 e. The molecule has 3 rings (SSSR count). The predicted molar refractivity (Wildman–Crippen MR) is 84.5 cm³/mol. The van der Waals surface area contributed by atoms with Gasteiger partial charge in [-0.05, 0) is 60.9 Å². The summed E-state index contributed by atoms with van der Waals surface area (Å²) in [4.78, 5) is 12.3. The molecule has 108 valence electrons. The summed E-state index contributed by atoms with van der Waals surface area (Å²) in [5.74, 6) is -0.218. The van der Waals surface area contributed by atoms with Crippen molar-refractivity contribution in [1.29, 1.82) is 0 Å². The Kier molecular flexibility index (Phi) is 4.05. The average Bonchev–Trinajstić information content (AvgIpc) is 2.54. The van der Waals surface area contributed by atoms with Gasteiger partial charge < -0.3 is 4.74 Å². The molecule has 0 unspecified atom stereocenters. The van der Waals surface area contributed by atoms with Gasteiger partial charge in [-0.2, -0.15) is 0 Å². The molecule has 1 aliphatic carbocycles. The van der Waals surface area contributed by atoms with Crippen LogP contribution in [0.15, 0.2) is 42.5 Å². The summed E-state index contributed by atoms with van der Waals surface area (Å²) in [7, 11) is 0. The van der Waals surface area contributed by atoms with E-state index in [9.17, 15) is 4.79 Å². The maximum absolute atomic E-state index is 12.3. The van der Waals surface area contributed by atoms with Crippen molar-refractivity contribution in [3.8, 4) is 11.1 Å². The molecular formula is C19H20O2. The topological polar surface area (TPSA) is 26.3 Å². The molecule has 2 nitrogen and oxygen atoms in total. The van der Waals surface area contributed by atoms with Crippen LogP contribution in [-0.2, 0) is 17.6 Å². The molecule has 0 spiro atoms. The van der Waals surface area contributed by atoms with E-state index in [4.69, 9.17) is 4.74 Å². The van der Waals surface area contributed by atoms with Gasteiger partial charge in [0.1, 0.15) is 0 Å². The van der Waals surface area contributed by atoms with E-state index in [1.54, 1.807) is 0 Å². The number of hydrogen-bond acceptors (Lipinski definition) is 2. The molecule has 2 heteroatoms. The largest absolute Gasteiger partial charge is 0.462 e. The minimum Gasteiger partial charge on any atom is -0.462 e. The van der Waals surface area contributed by atoms with E-state index in [0.717, 1.165) is 24.0 Å². The molecule has 0 N–H and O–H groups in total. The Hall–Kier alpha value is -2.09. The van der Waals surface area contributed by atoms with Crippen LogP contribution in [0.2, 0.25) is 0 Å². The van der Waals surface area contributed by atoms with Crippen molar-refractivity contribution in [1.82, 2.24) is 0 Å². The predicted octanol–water partition coefficient (Wildman–Crippen LogP) is 4.41. The molecule has 0 fully saturated rings. The van der Waals surface area contributed by atoms with Gasteiger partial charge in [-0.3, -0.25) is 0 Å². The highest BCUT2D eigenvalue weighted by atomic mass is 16.5. The quantitative estimate of drug-likeness (QED) is 0.778. The van der Waals surface area contributed by atoms with Crippen LogP contribution >= 0.6 is 0 Å². The van der Waals surface area contributed by atoms with Crippen molar-refractivity contribution in [2.45, 2.75) is 32.6 Å². The van der Waals surface area contributed by atoms with Gasteiger partial charge in [-0.15, -0.1) is 0 Å². The fourth-order valence-corrected chi connectivity index (χ4v) is 3.02. The minimum atomic E-state index is -0.218. The number of carbonyl (C=O) groups excluding carboxylic acids is 1. The molecule has 1 aliphatic rings. The number of hydrogen-bond donors (Lipinski definition) is 0. The molecule has 0 saturated carbocycles. The molecule has 0 aliphatic heterocycles. The maximum atomic E-state index is 12.3. The normalized spacial score (nSPS) is 13.6. The van der Waals surface area contributed by atoms with Crippen LogP contribution in [0.1, 0.15) is 41.3 Å². The van der Waals surface area contributed by atoms with Crippen LogP contribution in [0.25, 0.3) is 11.1 Å². The molecule has 2 aromatic carbocycles. The number of ether oxygens (including phenoxy) is 1. The van der Waals surface area contributed by atoms with Crippen molar-refractivity contribution in [3.63, 3.8) is 0 Å². The third-order valence-electron chi connectivity index (χ3n) is 4.06. The number of rotatable bonds is 3. The minimum absolute atomic E-state index is 0.218. The average molecular weight is 280 g/mol. The molecular weight excluding hydrogens is 260 g/mol. The smallest absolute Gasteiger partial charge is 0.338 e. The number of benzene rings is 2. The Balaban J connectivity index is 2.13. The molecule has 0 bridgehead atoms. The zero-order chi connectivity index (χ0) is 14.7. The third-order valence-corrected chi connectivity index (χ3v) is 4.06. The van der Waals surface area contributed by atoms with Gasteiger partial charge in [0.05, 0.1) is 12.2 Å². The highest BCUT2D eigenvalue weighted by Gasteiger charge is 2.19. The molecule has 21 heavy (non-hydrogen) atoms. The molecule has 0 amide bonds. The summed E-state index contributed by atoms with van der Waals surface area (Å²) >= 11 is 0. The first kappa shape index (κ1) is 13.9. The number of fused-ring (bicyclic) bond motifs is 1. The summed E-state index contributed by atoms with van der Waals surface area (Å²) in [5, 5.41) is 0. The van der Waals surface area contributed by atoms with E-state index in [1.807, 2.05) is 37.3 Å². The Labute approximate surface area is 125 Å². The summed E-state index contributed by atoms with van der Waals surface area (Å²) in [5.41, 5.74) is 5.46. The molecule has 0 saturated heterocycles. The zero-order valence-electron chi connectivity index (χ0n) is 12.4. The third kappa shape index (κ3) is 2.85. The van der Waals surface area contributed by atoms with Gasteiger partial charge in [-0.25, -0.2) is 4.79 Å². The van der Waals surface area contributed by atoms with Gasteiger partial charge in [0.15, 0.2) is 0 Å². The fourth-order valence-electron chi connectivity index (χ4n) is 3.02. The summed E-state index contributed by atoms with van der Waals surface area (Å²) in [6, 6.07) is 14.3. The van der Waals surface area contributed by atoms with Crippen LogP contribution in [0.3, 0.4) is 0 Å². The molecule has 0 atom stereocenters. The Morgan fingerprint density at radius 1 is 1.05 bits per heavy atom. The van der Waals surface area contributed by atoms with E-state index in [2.05, 4.69) is 12.1 Å². The lowest BCUT2D eigenvalue weighted by molar-refractivity contribution is 0.0527. The van der Waals surface area contributed by atoms with Crippen molar-refractivity contribution in [3.05, 3.63) is 59.2 Å². The Bertz CT molecular complexity index is 644. The van der Waals surface area contributed by atoms with Crippen molar-refractivity contribution in [2.75, 3.05) is 6.61 Å². The molecule has 2 aromatic rings. The van der Waals surface area contributed by atoms with Gasteiger partial charge in [-0.1, -0.05) is 36.4 Å². The lowest BCUT2D eigenvalue weighted by Crippen LogP contribution is -2.11. The first-order valence-electron chi connectivity index (χ1n) is 7.68. The van der Waals surface area contributed by atoms with Gasteiger partial charge >= 0.3 is 5.97 Å². The molecule has 0 aromatic heterocycles. The highest BCUT2D eigenvalue weighted by Crippen LogP contribution is 2.31. The van der Waals surface area contributed by atoms with Crippen LogP contribution in [-0.4, -0.2) is 12.6 Å². The van der Waals surface area contributed by atoms with Crippen LogP contribution in [0, 0.1) is 0 Å². The van der Waals surface area contributed by atoms with Crippen molar-refractivity contribution in [2.24, 2.45) is 0 Å². The van der Waals surface area contributed by atoms with Crippen molar-refractivity contribution < 1.29 is 9.53 Å². The second-order valence-corrected chi connectivity index (χ2v) is 5.46. The highest BCUT2D eigenvalue weighted by molar-refractivity contribution is 5.97. The van der Waals surface area contributed by atoms with E-state index in [-0.39, 0.29) is 5.97 Å². The zero-order valence-corrected chi connectivity index (χ0v) is 12.4. The first-order valence-corrected chi connectivity index (χ1v) is 7.68. The van der Waals surface area contributed by atoms with Crippen molar-refractivity contribution >= 4 is 5.97 Å². The fraction of sp³-hybridized carbons (Fsp3) is 0.316. The van der Waals surface area contributed by atoms with Crippen LogP contribution < -0.4 is 0 Å². The van der Waals surface area contributed by atoms with Gasteiger partial charge in [0.25, 0.3) is 0 Å². The summed E-state index contributed by atoms with van der Waals surface area (Å²) < 4.78 is 5.24. The lowest BCUT2D eigenvalue weighted by Gasteiger charge is -2.19. The van der Waals surface area contributed by atoms with E-state index >= 15 is 0 Å². The summed E-state index contributed by atoms with van der Waals surface area (Å²) in [6.07, 6.45) is 4.62. The summed E-state index contributed by atoms with van der Waals surface area (Å²) in [6.45, 7) is 2.25. The monoisotopic (exact) mass is 280 g/mol. The standard InChI is InChI=1S/C19H20O2/c1-2-21-19(20)18-13-16-11-7-6-10-15(16)12-17(18)14-8-4-3-5-9-14/h3-5,8-9,12-13H,2,6-7,10-11H2,1H3. The van der Waals surface area contributed by atoms with E-state index in [0.29, 0.717) is 12.2 Å².